The summed E-state index contributed by atoms with van der Waals surface area (Å²) in [4.78, 5) is 0. The van der Waals surface area contributed by atoms with E-state index in [1.165, 1.54) is 0 Å². The molecule has 1 aromatic carbocycles. The van der Waals surface area contributed by atoms with Crippen LogP contribution in [0, 0.1) is 0 Å². The molecule has 0 radical (unpaired) electrons. The van der Waals surface area contributed by atoms with Crippen molar-refractivity contribution in [2.24, 2.45) is 0 Å². The van der Waals surface area contributed by atoms with Crippen LogP contribution in [0.3, 0.4) is 0 Å². The second-order valence-corrected chi connectivity index (χ2v) is 8.04. The maximum atomic E-state index is 6.08. The molecule has 0 saturated carbocycles. The highest BCUT2D eigenvalue weighted by atomic mass is 28.4. The van der Waals surface area contributed by atoms with Crippen molar-refractivity contribution in [1.29, 1.82) is 0 Å². The third-order valence-corrected chi connectivity index (χ3v) is 6.77. The number of hydrogen-bond acceptors (Lipinski definition) is 2. The van der Waals surface area contributed by atoms with Gasteiger partial charge in [-0.15, -0.1) is 0 Å². The minimum atomic E-state index is -2.06. The molecule has 3 heteroatoms. The van der Waals surface area contributed by atoms with Crippen molar-refractivity contribution in [3.8, 4) is 5.75 Å². The van der Waals surface area contributed by atoms with E-state index in [1.54, 1.807) is 7.11 Å². The van der Waals surface area contributed by atoms with Crippen LogP contribution < -0.4 is 4.43 Å². The summed E-state index contributed by atoms with van der Waals surface area (Å²) in [6.45, 7) is 6.48. The van der Waals surface area contributed by atoms with Gasteiger partial charge in [0.2, 0.25) is 0 Å². The van der Waals surface area contributed by atoms with Crippen LogP contribution in [0.4, 0.5) is 0 Å². The zero-order chi connectivity index (χ0) is 11.3. The smallest absolute Gasteiger partial charge is 0.400 e. The Balaban J connectivity index is 2.84. The summed E-state index contributed by atoms with van der Waals surface area (Å²) in [7, 11) is -0.299. The first-order chi connectivity index (χ1) is 7.14. The molecule has 0 aromatic heterocycles. The van der Waals surface area contributed by atoms with Gasteiger partial charge in [0.25, 0.3) is 0 Å². The van der Waals surface area contributed by atoms with Gasteiger partial charge in [-0.3, -0.25) is 0 Å². The molecular formula is C12H20O2Si. The van der Waals surface area contributed by atoms with Gasteiger partial charge < -0.3 is 8.85 Å². The summed E-state index contributed by atoms with van der Waals surface area (Å²) in [6.07, 6.45) is 0. The predicted molar refractivity (Wildman–Crippen MR) is 65.4 cm³/mol. The Morgan fingerprint density at radius 3 is 2.20 bits per heavy atom. The molecule has 0 fully saturated rings. The van der Waals surface area contributed by atoms with Crippen LogP contribution in [0.1, 0.15) is 20.8 Å². The van der Waals surface area contributed by atoms with Gasteiger partial charge in [0, 0.05) is 12.7 Å². The highest BCUT2D eigenvalue weighted by molar-refractivity contribution is 6.69. The number of rotatable bonds is 5. The summed E-state index contributed by atoms with van der Waals surface area (Å²) in [5, 5.41) is 0. The van der Waals surface area contributed by atoms with Crippen molar-refractivity contribution >= 4 is 8.56 Å². The Labute approximate surface area is 93.5 Å². The Kier molecular flexibility index (Phi) is 4.36. The molecule has 0 saturated heterocycles. The molecule has 1 atom stereocenters. The van der Waals surface area contributed by atoms with Crippen molar-refractivity contribution < 1.29 is 8.85 Å². The van der Waals surface area contributed by atoms with E-state index >= 15 is 0 Å². The first-order valence-corrected chi connectivity index (χ1v) is 7.54. The summed E-state index contributed by atoms with van der Waals surface area (Å²) in [6, 6.07) is 10.9. The molecule has 0 N–H and O–H groups in total. The standard InChI is InChI=1S/C12H20O2Si/c1-5-15(13-4,11(2)3)14-12-9-7-6-8-10-12/h6-11H,5H2,1-4H3. The molecule has 0 aliphatic heterocycles. The molecule has 1 rings (SSSR count). The molecule has 1 aromatic rings. The fraction of sp³-hybridized carbons (Fsp3) is 0.500. The second-order valence-electron chi connectivity index (χ2n) is 3.94. The minimum Gasteiger partial charge on any atom is -0.520 e. The van der Waals surface area contributed by atoms with E-state index in [2.05, 4.69) is 20.8 Å². The maximum absolute atomic E-state index is 6.08. The Morgan fingerprint density at radius 2 is 1.80 bits per heavy atom. The first-order valence-electron chi connectivity index (χ1n) is 5.44. The van der Waals surface area contributed by atoms with Gasteiger partial charge in [-0.25, -0.2) is 0 Å². The Morgan fingerprint density at radius 1 is 1.20 bits per heavy atom. The largest absolute Gasteiger partial charge is 0.520 e. The van der Waals surface area contributed by atoms with Crippen molar-refractivity contribution in [1.82, 2.24) is 0 Å². The molecule has 0 bridgehead atoms. The fourth-order valence-electron chi connectivity index (χ4n) is 1.71. The van der Waals surface area contributed by atoms with E-state index in [4.69, 9.17) is 8.85 Å². The zero-order valence-corrected chi connectivity index (χ0v) is 11.0. The van der Waals surface area contributed by atoms with Gasteiger partial charge in [-0.1, -0.05) is 39.0 Å². The number of benzene rings is 1. The third-order valence-electron chi connectivity index (χ3n) is 2.75. The van der Waals surface area contributed by atoms with Crippen molar-refractivity contribution in [2.75, 3.05) is 7.11 Å². The van der Waals surface area contributed by atoms with Crippen molar-refractivity contribution in [2.45, 2.75) is 32.4 Å². The van der Waals surface area contributed by atoms with Crippen molar-refractivity contribution in [3.63, 3.8) is 0 Å². The lowest BCUT2D eigenvalue weighted by Gasteiger charge is -2.32. The zero-order valence-electron chi connectivity index (χ0n) is 9.99. The van der Waals surface area contributed by atoms with Crippen LogP contribution >= 0.6 is 0 Å². The number of para-hydroxylation sites is 1. The van der Waals surface area contributed by atoms with Crippen LogP contribution in [0.25, 0.3) is 0 Å². The molecular weight excluding hydrogens is 204 g/mol. The second kappa shape index (κ2) is 5.33. The highest BCUT2D eigenvalue weighted by Crippen LogP contribution is 2.28. The average molecular weight is 224 g/mol. The summed E-state index contributed by atoms with van der Waals surface area (Å²) in [5.74, 6) is 0.918. The summed E-state index contributed by atoms with van der Waals surface area (Å²) >= 11 is 0. The van der Waals surface area contributed by atoms with Crippen molar-refractivity contribution in [3.05, 3.63) is 30.3 Å². The van der Waals surface area contributed by atoms with Gasteiger partial charge in [-0.2, -0.15) is 0 Å². The Bertz CT molecular complexity index is 281. The Hall–Kier alpha value is -0.803. The SMILES string of the molecule is CC[Si](OC)(Oc1ccccc1)C(C)C. The van der Waals surface area contributed by atoms with Gasteiger partial charge in [0.15, 0.2) is 0 Å². The van der Waals surface area contributed by atoms with Crippen LogP contribution in [-0.4, -0.2) is 15.7 Å². The molecule has 0 amide bonds. The van der Waals surface area contributed by atoms with E-state index in [9.17, 15) is 0 Å². The molecule has 0 aliphatic rings. The molecule has 0 spiro atoms. The molecule has 0 aliphatic carbocycles. The maximum Gasteiger partial charge on any atom is 0.400 e. The molecule has 84 valence electrons. The molecule has 15 heavy (non-hydrogen) atoms. The highest BCUT2D eigenvalue weighted by Gasteiger charge is 2.40. The van der Waals surface area contributed by atoms with Crippen LogP contribution in [0.5, 0.6) is 5.75 Å². The van der Waals surface area contributed by atoms with Crippen LogP contribution in [0.15, 0.2) is 30.3 Å². The lowest BCUT2D eigenvalue weighted by molar-refractivity contribution is 0.287. The van der Waals surface area contributed by atoms with Crippen LogP contribution in [-0.2, 0) is 4.43 Å². The van der Waals surface area contributed by atoms with Gasteiger partial charge in [0.1, 0.15) is 5.75 Å². The van der Waals surface area contributed by atoms with E-state index in [-0.39, 0.29) is 0 Å². The lowest BCUT2D eigenvalue weighted by atomic mass is 10.3. The van der Waals surface area contributed by atoms with E-state index in [1.807, 2.05) is 30.3 Å². The fourth-order valence-corrected chi connectivity index (χ4v) is 4.28. The van der Waals surface area contributed by atoms with E-state index in [0.29, 0.717) is 5.54 Å². The molecule has 2 nitrogen and oxygen atoms in total. The molecule has 0 heterocycles. The first kappa shape index (κ1) is 12.3. The topological polar surface area (TPSA) is 18.5 Å². The third kappa shape index (κ3) is 2.83. The van der Waals surface area contributed by atoms with E-state index < -0.39 is 8.56 Å². The minimum absolute atomic E-state index is 0.452. The van der Waals surface area contributed by atoms with Gasteiger partial charge >= 0.3 is 8.56 Å². The summed E-state index contributed by atoms with van der Waals surface area (Å²) in [5.41, 5.74) is 0.452. The molecule has 1 unspecified atom stereocenters. The monoisotopic (exact) mass is 224 g/mol. The van der Waals surface area contributed by atoms with Gasteiger partial charge in [-0.05, 0) is 18.2 Å². The predicted octanol–water partition coefficient (Wildman–Crippen LogP) is 3.58. The van der Waals surface area contributed by atoms with Crippen LogP contribution in [0.2, 0.25) is 11.6 Å². The normalized spacial score (nSPS) is 15.0. The quantitative estimate of drug-likeness (QED) is 0.712. The number of hydrogen-bond donors (Lipinski definition) is 0. The lowest BCUT2D eigenvalue weighted by Crippen LogP contribution is -2.46. The van der Waals surface area contributed by atoms with Gasteiger partial charge in [0.05, 0.1) is 0 Å². The summed E-state index contributed by atoms with van der Waals surface area (Å²) < 4.78 is 11.7. The average Bonchev–Trinajstić information content (AvgIpc) is 2.27. The van der Waals surface area contributed by atoms with E-state index in [0.717, 1.165) is 11.8 Å².